The summed E-state index contributed by atoms with van der Waals surface area (Å²) in [4.78, 5) is 23.6. The third-order valence-corrected chi connectivity index (χ3v) is 3.92. The maximum Gasteiger partial charge on any atom is 0.407 e. The molecule has 0 bridgehead atoms. The normalized spacial score (nSPS) is 10.6. The van der Waals surface area contributed by atoms with Crippen LogP contribution in [0.25, 0.3) is 0 Å². The molecule has 27 heavy (non-hydrogen) atoms. The van der Waals surface area contributed by atoms with Crippen molar-refractivity contribution >= 4 is 11.9 Å². The van der Waals surface area contributed by atoms with E-state index in [0.717, 1.165) is 30.6 Å². The van der Waals surface area contributed by atoms with E-state index in [9.17, 15) is 9.59 Å². The highest BCUT2D eigenvalue weighted by molar-refractivity contribution is 6.04. The topological polar surface area (TPSA) is 64.6 Å². The fourth-order valence-corrected chi connectivity index (χ4v) is 2.39. The van der Waals surface area contributed by atoms with Crippen LogP contribution < -0.4 is 10.1 Å². The molecular weight excluding hydrogens is 342 g/mol. The van der Waals surface area contributed by atoms with Gasteiger partial charge in [0.2, 0.25) is 0 Å². The molecule has 5 nitrogen and oxygen atoms in total. The Morgan fingerprint density at radius 2 is 1.74 bits per heavy atom. The standard InChI is InChI=1S/C22H25NO4/c1-26-20-14-12-19(13-15-20)21(24)11-7-2-3-8-16-23-22(25)27-17-18-9-5-4-6-10-18/h4-7,9-15H,2-3,8,16-17H2,1H3,(H,23,25)/b11-7+. The molecule has 0 unspecified atom stereocenters. The van der Waals surface area contributed by atoms with Crippen LogP contribution in [0.1, 0.15) is 35.2 Å². The summed E-state index contributed by atoms with van der Waals surface area (Å²) >= 11 is 0. The van der Waals surface area contributed by atoms with Crippen LogP contribution in [-0.2, 0) is 11.3 Å². The lowest BCUT2D eigenvalue weighted by Gasteiger charge is -2.06. The zero-order chi connectivity index (χ0) is 19.3. The highest BCUT2D eigenvalue weighted by Crippen LogP contribution is 2.12. The number of ether oxygens (including phenoxy) is 2. The van der Waals surface area contributed by atoms with Crippen LogP contribution in [0.3, 0.4) is 0 Å². The Hall–Kier alpha value is -3.08. The molecule has 1 N–H and O–H groups in total. The van der Waals surface area contributed by atoms with E-state index < -0.39 is 6.09 Å². The van der Waals surface area contributed by atoms with Crippen LogP contribution in [0.15, 0.2) is 66.7 Å². The van der Waals surface area contributed by atoms with Gasteiger partial charge in [0, 0.05) is 12.1 Å². The number of benzene rings is 2. The van der Waals surface area contributed by atoms with Crippen LogP contribution in [0, 0.1) is 0 Å². The van der Waals surface area contributed by atoms with Gasteiger partial charge < -0.3 is 14.8 Å². The van der Waals surface area contributed by atoms with E-state index in [1.807, 2.05) is 36.4 Å². The Labute approximate surface area is 160 Å². The third kappa shape index (κ3) is 7.77. The smallest absolute Gasteiger partial charge is 0.407 e. The molecule has 1 amide bonds. The van der Waals surface area contributed by atoms with Crippen molar-refractivity contribution in [3.63, 3.8) is 0 Å². The van der Waals surface area contributed by atoms with Gasteiger partial charge in [-0.1, -0.05) is 36.4 Å². The SMILES string of the molecule is COc1ccc(C(=O)/C=C/CCCCNC(=O)OCc2ccccc2)cc1. The second kappa shape index (κ2) is 11.5. The number of unbranched alkanes of at least 4 members (excludes halogenated alkanes) is 2. The Bertz CT molecular complexity index is 739. The van der Waals surface area contributed by atoms with Gasteiger partial charge >= 0.3 is 6.09 Å². The molecule has 0 radical (unpaired) electrons. The summed E-state index contributed by atoms with van der Waals surface area (Å²) in [5.74, 6) is 0.700. The Morgan fingerprint density at radius 3 is 2.44 bits per heavy atom. The first-order valence-corrected chi connectivity index (χ1v) is 8.98. The van der Waals surface area contributed by atoms with Crippen LogP contribution in [0.2, 0.25) is 0 Å². The molecule has 0 atom stereocenters. The second-order valence-corrected chi connectivity index (χ2v) is 5.98. The molecule has 2 rings (SSSR count). The maximum atomic E-state index is 12.0. The maximum absolute atomic E-state index is 12.0. The highest BCUT2D eigenvalue weighted by Gasteiger charge is 2.02. The molecule has 5 heteroatoms. The van der Waals surface area contributed by atoms with Crippen molar-refractivity contribution in [2.75, 3.05) is 13.7 Å². The van der Waals surface area contributed by atoms with Crippen molar-refractivity contribution in [1.82, 2.24) is 5.32 Å². The van der Waals surface area contributed by atoms with Gasteiger partial charge in [-0.15, -0.1) is 0 Å². The van der Waals surface area contributed by atoms with Crippen LogP contribution in [0.4, 0.5) is 4.79 Å². The molecule has 0 aliphatic rings. The minimum atomic E-state index is -0.413. The lowest BCUT2D eigenvalue weighted by Crippen LogP contribution is -2.25. The number of hydrogen-bond acceptors (Lipinski definition) is 4. The second-order valence-electron chi connectivity index (χ2n) is 5.98. The predicted octanol–water partition coefficient (Wildman–Crippen LogP) is 4.53. The van der Waals surface area contributed by atoms with Gasteiger partial charge in [-0.05, 0) is 55.2 Å². The van der Waals surface area contributed by atoms with E-state index >= 15 is 0 Å². The summed E-state index contributed by atoms with van der Waals surface area (Å²) in [7, 11) is 1.59. The van der Waals surface area contributed by atoms with Gasteiger partial charge in [-0.2, -0.15) is 0 Å². The number of alkyl carbamates (subject to hydrolysis) is 1. The molecule has 142 valence electrons. The minimum Gasteiger partial charge on any atom is -0.497 e. The molecule has 0 heterocycles. The van der Waals surface area contributed by atoms with E-state index in [0.29, 0.717) is 12.1 Å². The molecule has 0 saturated carbocycles. The number of ketones is 1. The first-order valence-electron chi connectivity index (χ1n) is 8.98. The Kier molecular flexibility index (Phi) is 8.63. The molecule has 0 aromatic heterocycles. The van der Waals surface area contributed by atoms with Crippen molar-refractivity contribution in [1.29, 1.82) is 0 Å². The van der Waals surface area contributed by atoms with Gasteiger partial charge in [0.25, 0.3) is 0 Å². The van der Waals surface area contributed by atoms with E-state index in [4.69, 9.17) is 9.47 Å². The number of nitrogens with one attached hydrogen (secondary N) is 1. The lowest BCUT2D eigenvalue weighted by atomic mass is 10.1. The van der Waals surface area contributed by atoms with Crippen molar-refractivity contribution in [2.45, 2.75) is 25.9 Å². The zero-order valence-electron chi connectivity index (χ0n) is 15.5. The summed E-state index contributed by atoms with van der Waals surface area (Å²) < 4.78 is 10.2. The lowest BCUT2D eigenvalue weighted by molar-refractivity contribution is 0.104. The van der Waals surface area contributed by atoms with Crippen molar-refractivity contribution in [2.24, 2.45) is 0 Å². The zero-order valence-corrected chi connectivity index (χ0v) is 15.5. The molecule has 2 aromatic rings. The average molecular weight is 367 g/mol. The number of hydrogen-bond donors (Lipinski definition) is 1. The van der Waals surface area contributed by atoms with Gasteiger partial charge in [0.15, 0.2) is 5.78 Å². The van der Waals surface area contributed by atoms with Crippen molar-refractivity contribution in [3.05, 3.63) is 77.9 Å². The number of amides is 1. The molecule has 0 fully saturated rings. The van der Waals surface area contributed by atoms with E-state index in [-0.39, 0.29) is 12.4 Å². The summed E-state index contributed by atoms with van der Waals surface area (Å²) in [6.07, 6.45) is 5.52. The summed E-state index contributed by atoms with van der Waals surface area (Å²) in [6, 6.07) is 16.6. The average Bonchev–Trinajstić information content (AvgIpc) is 2.72. The van der Waals surface area contributed by atoms with Gasteiger partial charge in [0.1, 0.15) is 12.4 Å². The fraction of sp³-hybridized carbons (Fsp3) is 0.273. The molecule has 0 spiro atoms. The van der Waals surface area contributed by atoms with E-state index in [1.54, 1.807) is 37.5 Å². The number of allylic oxidation sites excluding steroid dienone is 2. The first-order chi connectivity index (χ1) is 13.2. The summed E-state index contributed by atoms with van der Waals surface area (Å²) in [5.41, 5.74) is 1.59. The Morgan fingerprint density at radius 1 is 1.00 bits per heavy atom. The van der Waals surface area contributed by atoms with Crippen molar-refractivity contribution < 1.29 is 19.1 Å². The number of carbonyl (C=O) groups excluding carboxylic acids is 2. The molecule has 2 aromatic carbocycles. The van der Waals surface area contributed by atoms with Crippen LogP contribution in [0.5, 0.6) is 5.75 Å². The highest BCUT2D eigenvalue weighted by atomic mass is 16.5. The quantitative estimate of drug-likeness (QED) is 0.381. The van der Waals surface area contributed by atoms with Crippen LogP contribution >= 0.6 is 0 Å². The largest absolute Gasteiger partial charge is 0.497 e. The molecule has 0 aliphatic heterocycles. The van der Waals surface area contributed by atoms with Crippen LogP contribution in [-0.4, -0.2) is 25.5 Å². The fourth-order valence-electron chi connectivity index (χ4n) is 2.39. The number of rotatable bonds is 10. The molecule has 0 saturated heterocycles. The van der Waals surface area contributed by atoms with E-state index in [1.165, 1.54) is 0 Å². The minimum absolute atomic E-state index is 0.0275. The van der Waals surface area contributed by atoms with Crippen molar-refractivity contribution in [3.8, 4) is 5.75 Å². The first kappa shape index (κ1) is 20.2. The number of methoxy groups -OCH3 is 1. The van der Waals surface area contributed by atoms with E-state index in [2.05, 4.69) is 5.32 Å². The predicted molar refractivity (Wildman–Crippen MR) is 105 cm³/mol. The monoisotopic (exact) mass is 367 g/mol. The Balaban J connectivity index is 1.55. The van der Waals surface area contributed by atoms with Gasteiger partial charge in [-0.25, -0.2) is 4.79 Å². The third-order valence-electron chi connectivity index (χ3n) is 3.92. The van der Waals surface area contributed by atoms with Gasteiger partial charge in [-0.3, -0.25) is 4.79 Å². The molecule has 0 aliphatic carbocycles. The summed E-state index contributed by atoms with van der Waals surface area (Å²) in [6.45, 7) is 0.816. The van der Waals surface area contributed by atoms with Gasteiger partial charge in [0.05, 0.1) is 7.11 Å². The number of carbonyl (C=O) groups is 2. The molecular formula is C22H25NO4. The summed E-state index contributed by atoms with van der Waals surface area (Å²) in [5, 5.41) is 2.73.